The third kappa shape index (κ3) is 3.41. The maximum Gasteiger partial charge on any atom is 0.410 e. The number of aryl methyl sites for hydroxylation is 2. The summed E-state index contributed by atoms with van der Waals surface area (Å²) < 4.78 is 5.97. The highest BCUT2D eigenvalue weighted by Gasteiger charge is 2.51. The highest BCUT2D eigenvalue weighted by Crippen LogP contribution is 2.47. The van der Waals surface area contributed by atoms with Crippen LogP contribution in [0.3, 0.4) is 0 Å². The second-order valence-corrected chi connectivity index (χ2v) is 10.2. The fraction of sp³-hybridized carbons (Fsp3) is 0.379. The predicted octanol–water partition coefficient (Wildman–Crippen LogP) is 5.46. The lowest BCUT2D eigenvalue weighted by atomic mass is 9.80. The number of rotatable bonds is 3. The summed E-state index contributed by atoms with van der Waals surface area (Å²) in [5.41, 5.74) is 6.71. The molecule has 0 saturated carbocycles. The van der Waals surface area contributed by atoms with Crippen LogP contribution in [0.15, 0.2) is 60.7 Å². The van der Waals surface area contributed by atoms with E-state index in [1.165, 1.54) is 22.3 Å². The molecule has 34 heavy (non-hydrogen) atoms. The molecule has 5 heteroatoms. The van der Waals surface area contributed by atoms with Gasteiger partial charge in [-0.1, -0.05) is 48.5 Å². The molecule has 174 valence electrons. The van der Waals surface area contributed by atoms with Crippen LogP contribution in [-0.4, -0.2) is 39.8 Å². The molecule has 0 radical (unpaired) electrons. The average Bonchev–Trinajstić information content (AvgIpc) is 3.29. The van der Waals surface area contributed by atoms with Crippen molar-refractivity contribution in [2.75, 3.05) is 6.61 Å². The molecule has 2 aliphatic heterocycles. The van der Waals surface area contributed by atoms with Gasteiger partial charge in [-0.2, -0.15) is 0 Å². The molecule has 1 amide bonds. The van der Waals surface area contributed by atoms with Gasteiger partial charge < -0.3 is 14.7 Å². The minimum atomic E-state index is -0.926. The predicted molar refractivity (Wildman–Crippen MR) is 131 cm³/mol. The van der Waals surface area contributed by atoms with E-state index in [1.807, 2.05) is 43.0 Å². The lowest BCUT2D eigenvalue weighted by Crippen LogP contribution is -2.52. The molecular weight excluding hydrogens is 424 g/mol. The summed E-state index contributed by atoms with van der Waals surface area (Å²) >= 11 is 0. The number of piperidine rings is 1. The Labute approximate surface area is 200 Å². The Kier molecular flexibility index (Phi) is 4.99. The first-order valence-electron chi connectivity index (χ1n) is 12.2. The number of nitrogens with zero attached hydrogens (tertiary/aromatic N) is 2. The van der Waals surface area contributed by atoms with E-state index in [2.05, 4.69) is 41.4 Å². The van der Waals surface area contributed by atoms with E-state index in [1.54, 1.807) is 0 Å². The Balaban J connectivity index is 1.19. The first kappa shape index (κ1) is 21.4. The summed E-state index contributed by atoms with van der Waals surface area (Å²) in [4.78, 5) is 19.7. The molecular formula is C29H30N2O3. The van der Waals surface area contributed by atoms with Gasteiger partial charge in [0.05, 0.1) is 5.60 Å². The molecule has 3 aliphatic rings. The van der Waals surface area contributed by atoms with Gasteiger partial charge >= 0.3 is 6.09 Å². The largest absolute Gasteiger partial charge is 0.448 e. The lowest BCUT2D eigenvalue weighted by Gasteiger charge is -2.43. The summed E-state index contributed by atoms with van der Waals surface area (Å²) in [7, 11) is 0. The maximum atomic E-state index is 13.3. The average molecular weight is 455 g/mol. The van der Waals surface area contributed by atoms with Gasteiger partial charge in [-0.15, -0.1) is 0 Å². The molecule has 3 heterocycles. The highest BCUT2D eigenvalue weighted by molar-refractivity contribution is 5.79. The molecule has 3 aromatic rings. The lowest BCUT2D eigenvalue weighted by molar-refractivity contribution is -0.0532. The van der Waals surface area contributed by atoms with Crippen LogP contribution in [0.1, 0.15) is 59.7 Å². The Morgan fingerprint density at radius 3 is 2.06 bits per heavy atom. The highest BCUT2D eigenvalue weighted by atomic mass is 16.6. The van der Waals surface area contributed by atoms with Crippen LogP contribution in [-0.2, 0) is 10.3 Å². The number of aromatic nitrogens is 1. The van der Waals surface area contributed by atoms with Crippen molar-refractivity contribution in [1.82, 2.24) is 9.88 Å². The Hall–Kier alpha value is -3.18. The first-order valence-corrected chi connectivity index (χ1v) is 12.2. The number of hydrogen-bond donors (Lipinski definition) is 1. The van der Waals surface area contributed by atoms with Crippen molar-refractivity contribution in [1.29, 1.82) is 0 Å². The molecule has 2 aromatic carbocycles. The second kappa shape index (κ2) is 7.95. The van der Waals surface area contributed by atoms with Crippen molar-refractivity contribution >= 4 is 6.09 Å². The third-order valence-corrected chi connectivity index (χ3v) is 7.93. The summed E-state index contributed by atoms with van der Waals surface area (Å²) in [5, 5.41) is 11.6. The molecule has 2 bridgehead atoms. The number of carbonyl (C=O) groups is 1. The molecule has 2 atom stereocenters. The van der Waals surface area contributed by atoms with Crippen LogP contribution in [0.25, 0.3) is 11.1 Å². The molecule has 2 saturated heterocycles. The van der Waals surface area contributed by atoms with Crippen LogP contribution >= 0.6 is 0 Å². The number of pyridine rings is 1. The summed E-state index contributed by atoms with van der Waals surface area (Å²) in [6, 6.07) is 20.7. The number of carbonyl (C=O) groups excluding carboxylic acids is 1. The summed E-state index contributed by atoms with van der Waals surface area (Å²) in [6.07, 6.45) is 2.63. The van der Waals surface area contributed by atoms with Gasteiger partial charge in [-0.05, 0) is 66.6 Å². The molecule has 1 aromatic heterocycles. The first-order chi connectivity index (χ1) is 16.4. The van der Waals surface area contributed by atoms with E-state index in [9.17, 15) is 9.90 Å². The quantitative estimate of drug-likeness (QED) is 0.571. The monoisotopic (exact) mass is 454 g/mol. The number of amides is 1. The SMILES string of the molecule is Cc1cc(C2(O)CC3CCC(C2)N3C(=O)OCC2c3ccccc3-c3ccccc32)cc(C)n1. The Morgan fingerprint density at radius 1 is 0.971 bits per heavy atom. The summed E-state index contributed by atoms with van der Waals surface area (Å²) in [6.45, 7) is 4.25. The number of aliphatic hydroxyl groups is 1. The normalized spacial score (nSPS) is 25.2. The number of ether oxygens (including phenoxy) is 1. The van der Waals surface area contributed by atoms with Crippen molar-refractivity contribution in [2.24, 2.45) is 0 Å². The van der Waals surface area contributed by atoms with Gasteiger partial charge in [0.25, 0.3) is 0 Å². The topological polar surface area (TPSA) is 62.7 Å². The maximum absolute atomic E-state index is 13.3. The summed E-state index contributed by atoms with van der Waals surface area (Å²) in [5.74, 6) is 0.0542. The van der Waals surface area contributed by atoms with Crippen LogP contribution in [0.5, 0.6) is 0 Å². The van der Waals surface area contributed by atoms with Crippen LogP contribution in [0.2, 0.25) is 0 Å². The zero-order valence-electron chi connectivity index (χ0n) is 19.7. The van der Waals surface area contributed by atoms with Gasteiger partial charge in [0, 0.05) is 42.2 Å². The minimum Gasteiger partial charge on any atom is -0.448 e. The smallest absolute Gasteiger partial charge is 0.410 e. The zero-order valence-corrected chi connectivity index (χ0v) is 19.7. The molecule has 5 nitrogen and oxygen atoms in total. The van der Waals surface area contributed by atoms with Gasteiger partial charge in [-0.3, -0.25) is 4.98 Å². The molecule has 2 unspecified atom stereocenters. The molecule has 1 aliphatic carbocycles. The van der Waals surface area contributed by atoms with E-state index >= 15 is 0 Å². The van der Waals surface area contributed by atoms with E-state index in [0.29, 0.717) is 19.4 Å². The Bertz CT molecular complexity index is 1190. The van der Waals surface area contributed by atoms with E-state index in [0.717, 1.165) is 29.8 Å². The van der Waals surface area contributed by atoms with Crippen LogP contribution in [0.4, 0.5) is 4.79 Å². The van der Waals surface area contributed by atoms with E-state index in [-0.39, 0.29) is 24.1 Å². The number of benzene rings is 2. The third-order valence-electron chi connectivity index (χ3n) is 7.93. The van der Waals surface area contributed by atoms with Crippen LogP contribution < -0.4 is 0 Å². The van der Waals surface area contributed by atoms with Gasteiger partial charge in [0.1, 0.15) is 6.61 Å². The number of hydrogen-bond acceptors (Lipinski definition) is 4. The van der Waals surface area contributed by atoms with Crippen molar-refractivity contribution in [2.45, 2.75) is 63.1 Å². The van der Waals surface area contributed by atoms with Crippen molar-refractivity contribution in [3.05, 3.63) is 88.7 Å². The molecule has 6 rings (SSSR count). The molecule has 1 N–H and O–H groups in total. The van der Waals surface area contributed by atoms with Crippen LogP contribution in [0, 0.1) is 13.8 Å². The minimum absolute atomic E-state index is 0.00632. The van der Waals surface area contributed by atoms with Gasteiger partial charge in [0.2, 0.25) is 0 Å². The van der Waals surface area contributed by atoms with Crippen molar-refractivity contribution < 1.29 is 14.6 Å². The van der Waals surface area contributed by atoms with Gasteiger partial charge in [0.15, 0.2) is 0 Å². The molecule has 2 fully saturated rings. The van der Waals surface area contributed by atoms with Gasteiger partial charge in [-0.25, -0.2) is 4.79 Å². The van der Waals surface area contributed by atoms with Crippen molar-refractivity contribution in [3.63, 3.8) is 0 Å². The second-order valence-electron chi connectivity index (χ2n) is 10.2. The fourth-order valence-electron chi connectivity index (χ4n) is 6.53. The standard InChI is InChI=1S/C29H30N2O3/c1-18-13-20(14-19(2)30-18)29(33)15-21-11-12-22(16-29)31(21)28(32)34-17-27-25-9-5-3-7-23(25)24-8-4-6-10-26(24)27/h3-10,13-14,21-22,27,33H,11-12,15-17H2,1-2H3. The molecule has 0 spiro atoms. The number of fused-ring (bicyclic) bond motifs is 5. The Morgan fingerprint density at radius 2 is 1.50 bits per heavy atom. The fourth-order valence-corrected chi connectivity index (χ4v) is 6.53. The van der Waals surface area contributed by atoms with Crippen molar-refractivity contribution in [3.8, 4) is 11.1 Å². The zero-order chi connectivity index (χ0) is 23.4. The van der Waals surface area contributed by atoms with E-state index in [4.69, 9.17) is 4.74 Å². The van der Waals surface area contributed by atoms with E-state index < -0.39 is 5.60 Å².